The Kier molecular flexibility index (Phi) is 4.19. The van der Waals surface area contributed by atoms with Gasteiger partial charge in [0, 0.05) is 0 Å². The van der Waals surface area contributed by atoms with Crippen LogP contribution < -0.4 is 10.1 Å². The molecule has 0 aliphatic heterocycles. The maximum Gasteiger partial charge on any atom is 0.419 e. The van der Waals surface area contributed by atoms with Gasteiger partial charge in [0.15, 0.2) is 0 Å². The molecule has 0 heterocycles. The first-order valence-corrected chi connectivity index (χ1v) is 4.67. The first kappa shape index (κ1) is 13.1. The third-order valence-corrected chi connectivity index (χ3v) is 1.83. The van der Waals surface area contributed by atoms with Gasteiger partial charge in [-0.1, -0.05) is 12.1 Å². The SMILES string of the molecule is O=C(O)NCCOc1ccccc1C(F)(F)F. The summed E-state index contributed by atoms with van der Waals surface area (Å²) in [4.78, 5) is 10.1. The van der Waals surface area contributed by atoms with Gasteiger partial charge in [0.2, 0.25) is 0 Å². The molecule has 0 unspecified atom stereocenters. The van der Waals surface area contributed by atoms with Gasteiger partial charge >= 0.3 is 12.3 Å². The van der Waals surface area contributed by atoms with E-state index < -0.39 is 17.8 Å². The molecule has 0 saturated heterocycles. The van der Waals surface area contributed by atoms with Crippen molar-refractivity contribution in [2.24, 2.45) is 0 Å². The summed E-state index contributed by atoms with van der Waals surface area (Å²) in [6.45, 7) is -0.249. The number of para-hydroxylation sites is 1. The Morgan fingerprint density at radius 3 is 2.59 bits per heavy atom. The van der Waals surface area contributed by atoms with Crippen LogP contribution in [0.2, 0.25) is 0 Å². The van der Waals surface area contributed by atoms with Gasteiger partial charge in [-0.15, -0.1) is 0 Å². The van der Waals surface area contributed by atoms with Crippen LogP contribution in [-0.2, 0) is 6.18 Å². The monoisotopic (exact) mass is 249 g/mol. The van der Waals surface area contributed by atoms with Crippen molar-refractivity contribution in [1.29, 1.82) is 0 Å². The van der Waals surface area contributed by atoms with Crippen LogP contribution in [0.5, 0.6) is 5.75 Å². The minimum absolute atomic E-state index is 0.0818. The third kappa shape index (κ3) is 4.21. The van der Waals surface area contributed by atoms with E-state index in [1.807, 2.05) is 5.32 Å². The molecule has 1 aromatic rings. The predicted molar refractivity (Wildman–Crippen MR) is 53.0 cm³/mol. The molecule has 0 aliphatic carbocycles. The number of hydrogen-bond donors (Lipinski definition) is 2. The Balaban J connectivity index is 2.62. The number of nitrogens with one attached hydrogen (secondary N) is 1. The van der Waals surface area contributed by atoms with Crippen molar-refractivity contribution >= 4 is 6.09 Å². The first-order valence-electron chi connectivity index (χ1n) is 4.67. The van der Waals surface area contributed by atoms with Crippen molar-refractivity contribution in [2.45, 2.75) is 6.18 Å². The smallest absolute Gasteiger partial charge is 0.419 e. The molecule has 0 bridgehead atoms. The first-order chi connectivity index (χ1) is 7.91. The highest BCUT2D eigenvalue weighted by molar-refractivity contribution is 5.64. The molecule has 0 spiro atoms. The van der Waals surface area contributed by atoms with Crippen LogP contribution in [0.3, 0.4) is 0 Å². The average molecular weight is 249 g/mol. The standard InChI is InChI=1S/C10H10F3NO3/c11-10(12,13)7-3-1-2-4-8(7)17-6-5-14-9(15)16/h1-4,14H,5-6H2,(H,15,16). The summed E-state index contributed by atoms with van der Waals surface area (Å²) in [7, 11) is 0. The molecule has 7 heteroatoms. The fourth-order valence-electron chi connectivity index (χ4n) is 1.15. The lowest BCUT2D eigenvalue weighted by Gasteiger charge is -2.13. The van der Waals surface area contributed by atoms with Crippen molar-refractivity contribution in [3.05, 3.63) is 29.8 Å². The lowest BCUT2D eigenvalue weighted by Crippen LogP contribution is -2.26. The van der Waals surface area contributed by atoms with E-state index >= 15 is 0 Å². The molecule has 0 aromatic heterocycles. The van der Waals surface area contributed by atoms with Crippen LogP contribution in [0, 0.1) is 0 Å². The number of halogens is 3. The summed E-state index contributed by atoms with van der Waals surface area (Å²) in [6.07, 6.45) is -5.74. The van der Waals surface area contributed by atoms with Crippen molar-refractivity contribution in [3.63, 3.8) is 0 Å². The summed E-state index contributed by atoms with van der Waals surface area (Å²) in [5, 5.41) is 10.2. The highest BCUT2D eigenvalue weighted by Gasteiger charge is 2.33. The number of benzene rings is 1. The molecular weight excluding hydrogens is 239 g/mol. The topological polar surface area (TPSA) is 58.6 Å². The normalized spacial score (nSPS) is 11.0. The molecule has 1 amide bonds. The van der Waals surface area contributed by atoms with Crippen molar-refractivity contribution in [3.8, 4) is 5.75 Å². The molecule has 0 fully saturated rings. The molecular formula is C10H10F3NO3. The molecule has 0 saturated carbocycles. The number of amides is 1. The number of hydrogen-bond acceptors (Lipinski definition) is 2. The number of ether oxygens (including phenoxy) is 1. The summed E-state index contributed by atoms with van der Waals surface area (Å²) in [6, 6.07) is 4.75. The molecule has 1 rings (SSSR count). The van der Waals surface area contributed by atoms with E-state index in [-0.39, 0.29) is 18.9 Å². The van der Waals surface area contributed by atoms with E-state index in [4.69, 9.17) is 9.84 Å². The summed E-state index contributed by atoms with van der Waals surface area (Å²) >= 11 is 0. The van der Waals surface area contributed by atoms with E-state index in [1.54, 1.807) is 0 Å². The maximum atomic E-state index is 12.5. The van der Waals surface area contributed by atoms with Crippen LogP contribution in [0.15, 0.2) is 24.3 Å². The lowest BCUT2D eigenvalue weighted by molar-refractivity contribution is -0.138. The van der Waals surface area contributed by atoms with Crippen LogP contribution in [-0.4, -0.2) is 24.4 Å². The molecule has 0 radical (unpaired) electrons. The largest absolute Gasteiger partial charge is 0.491 e. The highest BCUT2D eigenvalue weighted by atomic mass is 19.4. The summed E-state index contributed by atoms with van der Waals surface area (Å²) in [5.41, 5.74) is -0.879. The van der Waals surface area contributed by atoms with Gasteiger partial charge in [-0.25, -0.2) is 4.79 Å². The number of alkyl halides is 3. The molecule has 1 aromatic carbocycles. The Bertz CT molecular complexity index is 393. The fraction of sp³-hybridized carbons (Fsp3) is 0.300. The van der Waals surface area contributed by atoms with Crippen LogP contribution in [0.25, 0.3) is 0 Å². The van der Waals surface area contributed by atoms with E-state index in [2.05, 4.69) is 0 Å². The van der Waals surface area contributed by atoms with Gasteiger partial charge in [0.05, 0.1) is 12.1 Å². The minimum Gasteiger partial charge on any atom is -0.491 e. The quantitative estimate of drug-likeness (QED) is 0.805. The van der Waals surface area contributed by atoms with Crippen molar-refractivity contribution < 1.29 is 27.8 Å². The Hall–Kier alpha value is -1.92. The molecule has 4 nitrogen and oxygen atoms in total. The maximum absolute atomic E-state index is 12.5. The van der Waals surface area contributed by atoms with Crippen molar-refractivity contribution in [2.75, 3.05) is 13.2 Å². The minimum atomic E-state index is -4.49. The Labute approximate surface area is 95.0 Å². The highest BCUT2D eigenvalue weighted by Crippen LogP contribution is 2.35. The van der Waals surface area contributed by atoms with Crippen LogP contribution in [0.4, 0.5) is 18.0 Å². The Morgan fingerprint density at radius 1 is 1.35 bits per heavy atom. The van der Waals surface area contributed by atoms with Gasteiger partial charge in [0.1, 0.15) is 12.4 Å². The van der Waals surface area contributed by atoms with Gasteiger partial charge in [-0.3, -0.25) is 0 Å². The predicted octanol–water partition coefficient (Wildman–Crippen LogP) is 2.35. The third-order valence-electron chi connectivity index (χ3n) is 1.83. The van der Waals surface area contributed by atoms with E-state index in [0.29, 0.717) is 0 Å². The van der Waals surface area contributed by atoms with E-state index in [0.717, 1.165) is 6.07 Å². The van der Waals surface area contributed by atoms with Crippen LogP contribution >= 0.6 is 0 Å². The zero-order valence-corrected chi connectivity index (χ0v) is 8.62. The Morgan fingerprint density at radius 2 is 2.00 bits per heavy atom. The number of carboxylic acid groups (broad SMARTS) is 1. The summed E-state index contributed by atoms with van der Waals surface area (Å²) < 4.78 is 42.4. The molecule has 0 aliphatic rings. The second-order valence-corrected chi connectivity index (χ2v) is 3.07. The van der Waals surface area contributed by atoms with Gasteiger partial charge in [-0.05, 0) is 12.1 Å². The van der Waals surface area contributed by atoms with Gasteiger partial charge in [0.25, 0.3) is 0 Å². The lowest BCUT2D eigenvalue weighted by atomic mass is 10.2. The average Bonchev–Trinajstić information content (AvgIpc) is 2.23. The fourth-order valence-corrected chi connectivity index (χ4v) is 1.15. The molecule has 2 N–H and O–H groups in total. The number of rotatable bonds is 4. The summed E-state index contributed by atoms with van der Waals surface area (Å²) in [5.74, 6) is -0.313. The zero-order valence-electron chi connectivity index (χ0n) is 8.62. The van der Waals surface area contributed by atoms with E-state index in [1.165, 1.54) is 18.2 Å². The zero-order chi connectivity index (χ0) is 12.9. The molecule has 94 valence electrons. The molecule has 0 atom stereocenters. The second kappa shape index (κ2) is 5.42. The van der Waals surface area contributed by atoms with E-state index in [9.17, 15) is 18.0 Å². The number of carbonyl (C=O) groups is 1. The molecule has 17 heavy (non-hydrogen) atoms. The second-order valence-electron chi connectivity index (χ2n) is 3.07. The van der Waals surface area contributed by atoms with Gasteiger partial charge < -0.3 is 15.2 Å². The van der Waals surface area contributed by atoms with Crippen LogP contribution in [0.1, 0.15) is 5.56 Å². The van der Waals surface area contributed by atoms with Crippen molar-refractivity contribution in [1.82, 2.24) is 5.32 Å². The van der Waals surface area contributed by atoms with Gasteiger partial charge in [-0.2, -0.15) is 13.2 Å².